The highest BCUT2D eigenvalue weighted by molar-refractivity contribution is 5.73. The highest BCUT2D eigenvalue weighted by Gasteiger charge is 1.98. The Hall–Kier alpha value is -1.38. The van der Waals surface area contributed by atoms with Crippen LogP contribution in [0.2, 0.25) is 0 Å². The monoisotopic (exact) mass is 178 g/mol. The average Bonchev–Trinajstić information content (AvgIpc) is 2.15. The fourth-order valence-electron chi connectivity index (χ4n) is 1.14. The first-order valence-corrected chi connectivity index (χ1v) is 4.43. The summed E-state index contributed by atoms with van der Waals surface area (Å²) in [6.45, 7) is 2.08. The number of nitrogens with zero attached hydrogens (tertiary/aromatic N) is 1. The molecule has 0 radical (unpaired) electrons. The molecule has 0 bridgehead atoms. The van der Waals surface area contributed by atoms with Gasteiger partial charge in [-0.3, -0.25) is 9.78 Å². The number of aromatic nitrogens is 1. The van der Waals surface area contributed by atoms with E-state index in [2.05, 4.69) is 18.0 Å². The third-order valence-electron chi connectivity index (χ3n) is 1.92. The van der Waals surface area contributed by atoms with E-state index in [9.17, 15) is 4.79 Å². The van der Waals surface area contributed by atoms with Crippen molar-refractivity contribution in [3.8, 4) is 0 Å². The second-order valence-electron chi connectivity index (χ2n) is 3.02. The molecule has 3 nitrogen and oxygen atoms in total. The molecule has 2 N–H and O–H groups in total. The number of hydrogen-bond donors (Lipinski definition) is 1. The van der Waals surface area contributed by atoms with Gasteiger partial charge in [0.1, 0.15) is 0 Å². The lowest BCUT2D eigenvalue weighted by Gasteiger charge is -2.00. The zero-order chi connectivity index (χ0) is 9.68. The number of nitrogens with two attached hydrogens (primary N) is 1. The standard InChI is InChI=1S/C10H14N2O/c1-2-8-5-9(7-12-6-8)3-4-10(11)13/h5-7H,2-4H2,1H3,(H2,11,13). The van der Waals surface area contributed by atoms with Crippen LogP contribution >= 0.6 is 0 Å². The minimum Gasteiger partial charge on any atom is -0.370 e. The first-order chi connectivity index (χ1) is 6.22. The van der Waals surface area contributed by atoms with E-state index in [1.807, 2.05) is 6.20 Å². The summed E-state index contributed by atoms with van der Waals surface area (Å²) in [6.07, 6.45) is 5.68. The van der Waals surface area contributed by atoms with Gasteiger partial charge in [-0.05, 0) is 24.0 Å². The van der Waals surface area contributed by atoms with E-state index in [1.54, 1.807) is 6.20 Å². The summed E-state index contributed by atoms with van der Waals surface area (Å²) in [4.78, 5) is 14.6. The maximum absolute atomic E-state index is 10.5. The van der Waals surface area contributed by atoms with Crippen LogP contribution in [0.5, 0.6) is 0 Å². The molecular weight excluding hydrogens is 164 g/mol. The SMILES string of the molecule is CCc1cncc(CCC(N)=O)c1. The van der Waals surface area contributed by atoms with Crippen molar-refractivity contribution in [3.63, 3.8) is 0 Å². The van der Waals surface area contributed by atoms with Crippen molar-refractivity contribution in [2.75, 3.05) is 0 Å². The molecule has 0 saturated heterocycles. The number of carbonyl (C=O) groups is 1. The molecule has 0 saturated carbocycles. The van der Waals surface area contributed by atoms with Gasteiger partial charge in [0.05, 0.1) is 0 Å². The number of hydrogen-bond acceptors (Lipinski definition) is 2. The van der Waals surface area contributed by atoms with Gasteiger partial charge in [-0.25, -0.2) is 0 Å². The Bertz CT molecular complexity index is 297. The number of pyridine rings is 1. The van der Waals surface area contributed by atoms with Gasteiger partial charge in [-0.15, -0.1) is 0 Å². The van der Waals surface area contributed by atoms with Crippen LogP contribution in [-0.2, 0) is 17.6 Å². The average molecular weight is 178 g/mol. The smallest absolute Gasteiger partial charge is 0.217 e. The molecular formula is C10H14N2O. The highest BCUT2D eigenvalue weighted by Crippen LogP contribution is 2.05. The topological polar surface area (TPSA) is 56.0 Å². The Morgan fingerprint density at radius 3 is 2.77 bits per heavy atom. The van der Waals surface area contributed by atoms with Gasteiger partial charge in [-0.2, -0.15) is 0 Å². The molecule has 1 rings (SSSR count). The molecule has 0 aliphatic carbocycles. The van der Waals surface area contributed by atoms with Crippen LogP contribution in [0, 0.1) is 0 Å². The van der Waals surface area contributed by atoms with E-state index in [-0.39, 0.29) is 5.91 Å². The first kappa shape index (κ1) is 9.71. The van der Waals surface area contributed by atoms with Crippen molar-refractivity contribution in [1.29, 1.82) is 0 Å². The number of primary amides is 1. The molecule has 13 heavy (non-hydrogen) atoms. The quantitative estimate of drug-likeness (QED) is 0.749. The summed E-state index contributed by atoms with van der Waals surface area (Å²) >= 11 is 0. The number of carbonyl (C=O) groups excluding carboxylic acids is 1. The van der Waals surface area contributed by atoms with Crippen molar-refractivity contribution >= 4 is 5.91 Å². The van der Waals surface area contributed by atoms with Crippen molar-refractivity contribution in [3.05, 3.63) is 29.6 Å². The van der Waals surface area contributed by atoms with Crippen LogP contribution in [0.1, 0.15) is 24.5 Å². The van der Waals surface area contributed by atoms with Crippen LogP contribution in [0.4, 0.5) is 0 Å². The van der Waals surface area contributed by atoms with E-state index < -0.39 is 0 Å². The van der Waals surface area contributed by atoms with Gasteiger partial charge in [0.25, 0.3) is 0 Å². The van der Waals surface area contributed by atoms with Crippen LogP contribution < -0.4 is 5.73 Å². The minimum atomic E-state index is -0.262. The predicted molar refractivity (Wildman–Crippen MR) is 51.1 cm³/mol. The fourth-order valence-corrected chi connectivity index (χ4v) is 1.14. The fraction of sp³-hybridized carbons (Fsp3) is 0.400. The van der Waals surface area contributed by atoms with Gasteiger partial charge in [0.15, 0.2) is 0 Å². The summed E-state index contributed by atoms with van der Waals surface area (Å²) in [5, 5.41) is 0. The zero-order valence-corrected chi connectivity index (χ0v) is 7.79. The molecule has 0 spiro atoms. The number of rotatable bonds is 4. The second kappa shape index (κ2) is 4.60. The molecule has 1 aromatic rings. The Morgan fingerprint density at radius 1 is 1.46 bits per heavy atom. The Labute approximate surface area is 78.0 Å². The molecule has 1 heterocycles. The van der Waals surface area contributed by atoms with Gasteiger partial charge < -0.3 is 5.73 Å². The van der Waals surface area contributed by atoms with Gasteiger partial charge in [0, 0.05) is 18.8 Å². The Morgan fingerprint density at radius 2 is 2.15 bits per heavy atom. The molecule has 70 valence electrons. The van der Waals surface area contributed by atoms with Gasteiger partial charge in [0.2, 0.25) is 5.91 Å². The van der Waals surface area contributed by atoms with Crippen LogP contribution in [0.15, 0.2) is 18.5 Å². The van der Waals surface area contributed by atoms with Crippen molar-refractivity contribution in [2.24, 2.45) is 5.73 Å². The maximum atomic E-state index is 10.5. The van der Waals surface area contributed by atoms with Crippen molar-refractivity contribution in [2.45, 2.75) is 26.2 Å². The summed E-state index contributed by atoms with van der Waals surface area (Å²) in [6, 6.07) is 2.07. The van der Waals surface area contributed by atoms with Crippen molar-refractivity contribution < 1.29 is 4.79 Å². The molecule has 0 atom stereocenters. The Kier molecular flexibility index (Phi) is 3.43. The van der Waals surface area contributed by atoms with Crippen LogP contribution in [0.3, 0.4) is 0 Å². The van der Waals surface area contributed by atoms with E-state index in [0.29, 0.717) is 12.8 Å². The lowest BCUT2D eigenvalue weighted by atomic mass is 10.1. The van der Waals surface area contributed by atoms with Crippen LogP contribution in [0.25, 0.3) is 0 Å². The normalized spacial score (nSPS) is 9.92. The predicted octanol–water partition coefficient (Wildman–Crippen LogP) is 1.06. The van der Waals surface area contributed by atoms with E-state index in [0.717, 1.165) is 12.0 Å². The maximum Gasteiger partial charge on any atom is 0.217 e. The summed E-state index contributed by atoms with van der Waals surface area (Å²) in [5.41, 5.74) is 7.33. The third kappa shape index (κ3) is 3.23. The molecule has 1 amide bonds. The van der Waals surface area contributed by atoms with Gasteiger partial charge >= 0.3 is 0 Å². The number of amides is 1. The first-order valence-electron chi connectivity index (χ1n) is 4.43. The van der Waals surface area contributed by atoms with Gasteiger partial charge in [-0.1, -0.05) is 13.0 Å². The lowest BCUT2D eigenvalue weighted by Crippen LogP contribution is -2.11. The molecule has 0 aliphatic heterocycles. The molecule has 0 fully saturated rings. The largest absolute Gasteiger partial charge is 0.370 e. The third-order valence-corrected chi connectivity index (χ3v) is 1.92. The Balaban J connectivity index is 2.61. The highest BCUT2D eigenvalue weighted by atomic mass is 16.1. The lowest BCUT2D eigenvalue weighted by molar-refractivity contribution is -0.117. The minimum absolute atomic E-state index is 0.262. The van der Waals surface area contributed by atoms with E-state index in [4.69, 9.17) is 5.73 Å². The molecule has 0 unspecified atom stereocenters. The number of aryl methyl sites for hydroxylation is 2. The molecule has 0 aromatic carbocycles. The van der Waals surface area contributed by atoms with E-state index >= 15 is 0 Å². The van der Waals surface area contributed by atoms with Crippen molar-refractivity contribution in [1.82, 2.24) is 4.98 Å². The molecule has 3 heteroatoms. The summed E-state index contributed by atoms with van der Waals surface area (Å²) in [5.74, 6) is -0.262. The van der Waals surface area contributed by atoms with Crippen LogP contribution in [-0.4, -0.2) is 10.9 Å². The molecule has 0 aliphatic rings. The second-order valence-corrected chi connectivity index (χ2v) is 3.02. The summed E-state index contributed by atoms with van der Waals surface area (Å²) < 4.78 is 0. The zero-order valence-electron chi connectivity index (χ0n) is 7.79. The van der Waals surface area contributed by atoms with E-state index in [1.165, 1.54) is 5.56 Å². The molecule has 1 aromatic heterocycles. The summed E-state index contributed by atoms with van der Waals surface area (Å²) in [7, 11) is 0.